The van der Waals surface area contributed by atoms with Gasteiger partial charge in [-0.3, -0.25) is 14.2 Å². The first-order chi connectivity index (χ1) is 22.2. The van der Waals surface area contributed by atoms with Crippen LogP contribution < -0.4 is 15.4 Å². The highest BCUT2D eigenvalue weighted by molar-refractivity contribution is 7.99. The van der Waals surface area contributed by atoms with Crippen LogP contribution in [0.4, 0.5) is 5.00 Å². The molecule has 46 heavy (non-hydrogen) atoms. The van der Waals surface area contributed by atoms with Crippen LogP contribution in [0.5, 0.6) is 5.75 Å². The molecule has 0 spiro atoms. The van der Waals surface area contributed by atoms with Crippen LogP contribution in [0.15, 0.2) is 53.7 Å². The number of hydrogen-bond donors (Lipinski definition) is 2. The molecule has 0 aliphatic carbocycles. The molecule has 2 heterocycles. The second-order valence-corrected chi connectivity index (χ2v) is 11.7. The molecule has 0 bridgehead atoms. The lowest BCUT2D eigenvalue weighted by molar-refractivity contribution is -0.113. The third kappa shape index (κ3) is 8.31. The number of benzene rings is 2. The van der Waals surface area contributed by atoms with Crippen LogP contribution in [-0.4, -0.2) is 64.1 Å². The third-order valence-electron chi connectivity index (χ3n) is 6.47. The SMILES string of the molecule is CCOC(=O)c1sc(NC(=O)CSc2nnc(CNC(=O)c3cccc(C)c3)n2-c2ccc(OCC)cc2)c(C(=O)OCC)c1C. The minimum atomic E-state index is -0.651. The van der Waals surface area contributed by atoms with Gasteiger partial charge >= 0.3 is 11.9 Å². The number of aryl methyl sites for hydroxylation is 1. The Morgan fingerprint density at radius 2 is 1.63 bits per heavy atom. The molecule has 14 heteroatoms. The summed E-state index contributed by atoms with van der Waals surface area (Å²) in [4.78, 5) is 51.5. The monoisotopic (exact) mass is 665 g/mol. The van der Waals surface area contributed by atoms with Crippen molar-refractivity contribution in [1.29, 1.82) is 0 Å². The summed E-state index contributed by atoms with van der Waals surface area (Å²) in [5.41, 5.74) is 2.67. The highest BCUT2D eigenvalue weighted by Crippen LogP contribution is 2.35. The predicted molar refractivity (Wildman–Crippen MR) is 175 cm³/mol. The number of hydrogen-bond acceptors (Lipinski definition) is 11. The van der Waals surface area contributed by atoms with Crippen molar-refractivity contribution in [3.05, 3.63) is 81.5 Å². The van der Waals surface area contributed by atoms with Gasteiger partial charge in [-0.05, 0) is 76.6 Å². The number of aromatic nitrogens is 3. The number of amides is 2. The second-order valence-electron chi connectivity index (χ2n) is 9.75. The number of rotatable bonds is 14. The maximum absolute atomic E-state index is 13.2. The number of anilines is 1. The van der Waals surface area contributed by atoms with E-state index in [0.717, 1.165) is 28.7 Å². The van der Waals surface area contributed by atoms with Gasteiger partial charge in [-0.25, -0.2) is 9.59 Å². The Morgan fingerprint density at radius 3 is 2.30 bits per heavy atom. The molecule has 0 fully saturated rings. The van der Waals surface area contributed by atoms with Crippen LogP contribution in [0, 0.1) is 13.8 Å². The maximum Gasteiger partial charge on any atom is 0.348 e. The van der Waals surface area contributed by atoms with Crippen LogP contribution in [0.2, 0.25) is 0 Å². The van der Waals surface area contributed by atoms with E-state index in [4.69, 9.17) is 14.2 Å². The van der Waals surface area contributed by atoms with Crippen LogP contribution in [-0.2, 0) is 20.8 Å². The summed E-state index contributed by atoms with van der Waals surface area (Å²) in [5, 5.41) is 14.9. The van der Waals surface area contributed by atoms with Gasteiger partial charge < -0.3 is 24.8 Å². The number of nitrogens with one attached hydrogen (secondary N) is 2. The average Bonchev–Trinajstić information content (AvgIpc) is 3.59. The van der Waals surface area contributed by atoms with Crippen LogP contribution in [0.1, 0.15) is 68.1 Å². The minimum absolute atomic E-state index is 0.0771. The molecule has 2 N–H and O–H groups in total. The molecule has 4 aromatic rings. The summed E-state index contributed by atoms with van der Waals surface area (Å²) in [5.74, 6) is -0.900. The number of esters is 2. The van der Waals surface area contributed by atoms with E-state index in [0.29, 0.717) is 40.2 Å². The fourth-order valence-electron chi connectivity index (χ4n) is 4.41. The normalized spacial score (nSPS) is 10.7. The Labute approximate surface area is 274 Å². The highest BCUT2D eigenvalue weighted by atomic mass is 32.2. The fraction of sp³-hybridized carbons (Fsp3) is 0.312. The Bertz CT molecular complexity index is 1720. The van der Waals surface area contributed by atoms with E-state index in [1.807, 2.05) is 50.2 Å². The Hall–Kier alpha value is -4.69. The summed E-state index contributed by atoms with van der Waals surface area (Å²) in [6.45, 7) is 9.65. The summed E-state index contributed by atoms with van der Waals surface area (Å²) in [7, 11) is 0. The number of thiophene rings is 1. The molecule has 242 valence electrons. The second kappa shape index (κ2) is 16.0. The van der Waals surface area contributed by atoms with E-state index >= 15 is 0 Å². The predicted octanol–water partition coefficient (Wildman–Crippen LogP) is 5.36. The fourth-order valence-corrected chi connectivity index (χ4v) is 6.28. The van der Waals surface area contributed by atoms with Gasteiger partial charge in [0.15, 0.2) is 11.0 Å². The van der Waals surface area contributed by atoms with Crippen molar-refractivity contribution in [2.75, 3.05) is 30.9 Å². The molecule has 0 atom stereocenters. The smallest absolute Gasteiger partial charge is 0.348 e. The van der Waals surface area contributed by atoms with Gasteiger partial charge in [0.25, 0.3) is 5.91 Å². The van der Waals surface area contributed by atoms with Crippen molar-refractivity contribution in [1.82, 2.24) is 20.1 Å². The number of nitrogens with zero attached hydrogens (tertiary/aromatic N) is 3. The molecule has 0 aliphatic rings. The first-order valence-electron chi connectivity index (χ1n) is 14.6. The van der Waals surface area contributed by atoms with Crippen LogP contribution in [0.3, 0.4) is 0 Å². The quantitative estimate of drug-likeness (QED) is 0.133. The molecule has 2 aromatic carbocycles. The Kier molecular flexibility index (Phi) is 11.9. The zero-order chi connectivity index (χ0) is 33.2. The van der Waals surface area contributed by atoms with Gasteiger partial charge in [0.1, 0.15) is 15.6 Å². The van der Waals surface area contributed by atoms with Gasteiger partial charge in [0.2, 0.25) is 5.91 Å². The first kappa shape index (κ1) is 34.2. The third-order valence-corrected chi connectivity index (χ3v) is 8.58. The lowest BCUT2D eigenvalue weighted by atomic mass is 10.1. The van der Waals surface area contributed by atoms with E-state index < -0.39 is 17.8 Å². The van der Waals surface area contributed by atoms with E-state index in [1.165, 1.54) is 0 Å². The lowest BCUT2D eigenvalue weighted by Gasteiger charge is -2.12. The Balaban J connectivity index is 1.56. The molecule has 4 rings (SSSR count). The molecule has 0 aliphatic heterocycles. The standard InChI is InChI=1S/C32H35N5O7S2/c1-6-42-23-14-12-22(13-15-23)37-24(17-33-28(39)21-11-9-10-19(4)16-21)35-36-32(37)45-18-25(38)34-29-26(30(40)43-7-2)20(5)27(46-29)31(41)44-8-3/h9-16H,6-8,17-18H2,1-5H3,(H,33,39)(H,34,38). The van der Waals surface area contributed by atoms with Crippen molar-refractivity contribution < 1.29 is 33.4 Å². The zero-order valence-corrected chi connectivity index (χ0v) is 27.8. The number of carbonyl (C=O) groups excluding carboxylic acids is 4. The van der Waals surface area contributed by atoms with Gasteiger partial charge in [-0.15, -0.1) is 21.5 Å². The largest absolute Gasteiger partial charge is 0.494 e. The van der Waals surface area contributed by atoms with E-state index in [9.17, 15) is 19.2 Å². The first-order valence-corrected chi connectivity index (χ1v) is 16.4. The van der Waals surface area contributed by atoms with Crippen molar-refractivity contribution in [3.63, 3.8) is 0 Å². The zero-order valence-electron chi connectivity index (χ0n) is 26.2. The van der Waals surface area contributed by atoms with E-state index in [-0.39, 0.29) is 46.9 Å². The summed E-state index contributed by atoms with van der Waals surface area (Å²) in [6, 6.07) is 14.6. The summed E-state index contributed by atoms with van der Waals surface area (Å²) in [6.07, 6.45) is 0. The molecule has 0 radical (unpaired) electrons. The molecule has 0 saturated heterocycles. The minimum Gasteiger partial charge on any atom is -0.494 e. The Morgan fingerprint density at radius 1 is 0.913 bits per heavy atom. The van der Waals surface area contributed by atoms with Crippen LogP contribution >= 0.6 is 23.1 Å². The lowest BCUT2D eigenvalue weighted by Crippen LogP contribution is -2.24. The molecular weight excluding hydrogens is 631 g/mol. The number of carbonyl (C=O) groups is 4. The summed E-state index contributed by atoms with van der Waals surface area (Å²) < 4.78 is 17.6. The van der Waals surface area contributed by atoms with Gasteiger partial charge in [0.05, 0.1) is 37.7 Å². The topological polar surface area (TPSA) is 151 Å². The van der Waals surface area contributed by atoms with Crippen molar-refractivity contribution in [2.24, 2.45) is 0 Å². The van der Waals surface area contributed by atoms with Crippen molar-refractivity contribution >= 4 is 51.9 Å². The molecular formula is C32H35N5O7S2. The summed E-state index contributed by atoms with van der Waals surface area (Å²) >= 11 is 2.07. The molecule has 12 nitrogen and oxygen atoms in total. The highest BCUT2D eigenvalue weighted by Gasteiger charge is 2.27. The van der Waals surface area contributed by atoms with Gasteiger partial charge in [0, 0.05) is 11.3 Å². The van der Waals surface area contributed by atoms with Gasteiger partial charge in [-0.1, -0.05) is 29.5 Å². The van der Waals surface area contributed by atoms with E-state index in [2.05, 4.69) is 20.8 Å². The molecule has 0 unspecified atom stereocenters. The van der Waals surface area contributed by atoms with Crippen molar-refractivity contribution in [2.45, 2.75) is 46.3 Å². The van der Waals surface area contributed by atoms with E-state index in [1.54, 1.807) is 37.5 Å². The molecule has 0 saturated carbocycles. The number of thioether (sulfide) groups is 1. The van der Waals surface area contributed by atoms with Crippen LogP contribution in [0.25, 0.3) is 5.69 Å². The number of ether oxygens (including phenoxy) is 3. The average molecular weight is 666 g/mol. The van der Waals surface area contributed by atoms with Gasteiger partial charge in [-0.2, -0.15) is 0 Å². The maximum atomic E-state index is 13.2. The molecule has 2 aromatic heterocycles. The van der Waals surface area contributed by atoms with Crippen molar-refractivity contribution in [3.8, 4) is 11.4 Å². The molecule has 2 amide bonds.